The van der Waals surface area contributed by atoms with Crippen molar-refractivity contribution in [2.45, 2.75) is 37.5 Å². The number of thioether (sulfide) groups is 1. The number of anilines is 1. The fourth-order valence-electron chi connectivity index (χ4n) is 2.80. The largest absolute Gasteiger partial charge is 0.369 e. The maximum atomic E-state index is 5.85. The number of nitrogens with one attached hydrogen (secondary N) is 1. The molecule has 7 heteroatoms. The van der Waals surface area contributed by atoms with Gasteiger partial charge in [0, 0.05) is 41.8 Å². The van der Waals surface area contributed by atoms with Gasteiger partial charge in [-0.15, -0.1) is 24.8 Å². The molecule has 1 fully saturated rings. The highest BCUT2D eigenvalue weighted by molar-refractivity contribution is 7.98. The average molecular weight is 401 g/mol. The van der Waals surface area contributed by atoms with Crippen LogP contribution in [0.5, 0.6) is 0 Å². The third kappa shape index (κ3) is 6.33. The smallest absolute Gasteiger partial charge is 0.129 e. The van der Waals surface area contributed by atoms with Crippen LogP contribution in [0.2, 0.25) is 0 Å². The number of hydrogen-bond donors (Lipinski definition) is 2. The van der Waals surface area contributed by atoms with Gasteiger partial charge in [-0.25, -0.2) is 9.97 Å². The molecule has 25 heavy (non-hydrogen) atoms. The normalized spacial score (nSPS) is 18.5. The van der Waals surface area contributed by atoms with Gasteiger partial charge < -0.3 is 11.1 Å². The average Bonchev–Trinajstić information content (AvgIpc) is 2.53. The molecule has 0 spiro atoms. The molecule has 2 aromatic rings. The second-order valence-corrected chi connectivity index (χ2v) is 7.27. The Balaban J connectivity index is 0.00000156. The van der Waals surface area contributed by atoms with Gasteiger partial charge in [0.1, 0.15) is 12.1 Å². The molecule has 3 N–H and O–H groups in total. The summed E-state index contributed by atoms with van der Waals surface area (Å²) >= 11 is 1.94. The predicted molar refractivity (Wildman–Crippen MR) is 112 cm³/mol. The minimum absolute atomic E-state index is 0. The molecule has 0 bridgehead atoms. The van der Waals surface area contributed by atoms with Crippen LogP contribution < -0.4 is 11.1 Å². The van der Waals surface area contributed by atoms with Crippen molar-refractivity contribution < 1.29 is 0 Å². The van der Waals surface area contributed by atoms with E-state index in [1.807, 2.05) is 11.8 Å². The van der Waals surface area contributed by atoms with E-state index in [0.717, 1.165) is 42.4 Å². The number of benzene rings is 1. The molecule has 4 nitrogen and oxygen atoms in total. The van der Waals surface area contributed by atoms with E-state index in [2.05, 4.69) is 52.5 Å². The van der Waals surface area contributed by atoms with Gasteiger partial charge in [0.2, 0.25) is 0 Å². The van der Waals surface area contributed by atoms with Crippen molar-refractivity contribution in [3.63, 3.8) is 0 Å². The Morgan fingerprint density at radius 2 is 1.96 bits per heavy atom. The van der Waals surface area contributed by atoms with Crippen LogP contribution in [-0.2, 0) is 5.75 Å². The third-order valence-corrected chi connectivity index (χ3v) is 5.36. The lowest BCUT2D eigenvalue weighted by atomic mass is 9.79. The summed E-state index contributed by atoms with van der Waals surface area (Å²) in [7, 11) is 0. The fraction of sp³-hybridized carbons (Fsp3) is 0.444. The summed E-state index contributed by atoms with van der Waals surface area (Å²) in [5, 5.41) is 3.40. The standard InChI is InChI=1S/C18H24N4S.2ClH/c1-13-4-2-3-5-14(13)11-23-7-6-20-18-10-17(21-12-22-18)15-8-16(19)9-15;;/h2-5,10,12,15-16H,6-9,11,19H2,1H3,(H,20,21,22);2*1H. The van der Waals surface area contributed by atoms with Gasteiger partial charge in [0.25, 0.3) is 0 Å². The number of nitrogens with two attached hydrogens (primary N) is 1. The monoisotopic (exact) mass is 400 g/mol. The van der Waals surface area contributed by atoms with E-state index in [1.165, 1.54) is 11.1 Å². The molecule has 1 aliphatic rings. The first-order chi connectivity index (χ1) is 11.2. The van der Waals surface area contributed by atoms with Gasteiger partial charge >= 0.3 is 0 Å². The summed E-state index contributed by atoms with van der Waals surface area (Å²) in [5.41, 5.74) is 9.76. The summed E-state index contributed by atoms with van der Waals surface area (Å²) in [6.45, 7) is 3.08. The highest BCUT2D eigenvalue weighted by atomic mass is 35.5. The molecule has 0 aliphatic heterocycles. The molecule has 0 saturated heterocycles. The fourth-order valence-corrected chi connectivity index (χ4v) is 3.74. The van der Waals surface area contributed by atoms with E-state index in [1.54, 1.807) is 6.33 Å². The summed E-state index contributed by atoms with van der Waals surface area (Å²) in [4.78, 5) is 8.68. The Bertz CT molecular complexity index is 650. The Morgan fingerprint density at radius 1 is 1.20 bits per heavy atom. The predicted octanol–water partition coefficient (Wildman–Crippen LogP) is 4.18. The molecule has 138 valence electrons. The summed E-state index contributed by atoms with van der Waals surface area (Å²) in [6.07, 6.45) is 3.74. The van der Waals surface area contributed by atoms with E-state index in [4.69, 9.17) is 5.73 Å². The molecule has 1 aliphatic carbocycles. The van der Waals surface area contributed by atoms with Crippen LogP contribution in [0.4, 0.5) is 5.82 Å². The molecule has 1 aromatic heterocycles. The van der Waals surface area contributed by atoms with Gasteiger partial charge in [-0.3, -0.25) is 0 Å². The minimum Gasteiger partial charge on any atom is -0.369 e. The van der Waals surface area contributed by atoms with Gasteiger partial charge in [-0.05, 0) is 30.9 Å². The van der Waals surface area contributed by atoms with Crippen LogP contribution in [0.1, 0.15) is 35.6 Å². The first-order valence-corrected chi connectivity index (χ1v) is 9.31. The van der Waals surface area contributed by atoms with Crippen LogP contribution in [0.15, 0.2) is 36.7 Å². The topological polar surface area (TPSA) is 63.8 Å². The highest BCUT2D eigenvalue weighted by Gasteiger charge is 2.28. The first kappa shape index (κ1) is 22.0. The van der Waals surface area contributed by atoms with E-state index in [0.29, 0.717) is 12.0 Å². The van der Waals surface area contributed by atoms with Crippen LogP contribution in [-0.4, -0.2) is 28.3 Å². The summed E-state index contributed by atoms with van der Waals surface area (Å²) < 4.78 is 0. The lowest BCUT2D eigenvalue weighted by molar-refractivity contribution is 0.345. The highest BCUT2D eigenvalue weighted by Crippen LogP contribution is 2.34. The molecule has 1 heterocycles. The molecule has 0 radical (unpaired) electrons. The number of aryl methyl sites for hydroxylation is 1. The van der Waals surface area contributed by atoms with Crippen molar-refractivity contribution >= 4 is 42.4 Å². The molecule has 0 amide bonds. The second kappa shape index (κ2) is 10.9. The lowest BCUT2D eigenvalue weighted by Gasteiger charge is -2.31. The van der Waals surface area contributed by atoms with Crippen LogP contribution in [0.3, 0.4) is 0 Å². The zero-order chi connectivity index (χ0) is 16.1. The Morgan fingerprint density at radius 3 is 2.68 bits per heavy atom. The van der Waals surface area contributed by atoms with E-state index < -0.39 is 0 Å². The Hall–Kier alpha value is -1.01. The molecule has 0 atom stereocenters. The third-order valence-electron chi connectivity index (χ3n) is 4.35. The molecule has 1 saturated carbocycles. The molecule has 0 unspecified atom stereocenters. The van der Waals surface area contributed by atoms with Crippen molar-refractivity contribution in [2.24, 2.45) is 5.73 Å². The van der Waals surface area contributed by atoms with Crippen molar-refractivity contribution in [1.82, 2.24) is 9.97 Å². The molecular weight excluding hydrogens is 375 g/mol. The Labute approximate surface area is 166 Å². The SMILES string of the molecule is Cc1ccccc1CSCCNc1cc(C2CC(N)C2)ncn1.Cl.Cl. The number of hydrogen-bond acceptors (Lipinski definition) is 5. The van der Waals surface area contributed by atoms with Gasteiger partial charge in [0.15, 0.2) is 0 Å². The zero-order valence-electron chi connectivity index (χ0n) is 14.4. The first-order valence-electron chi connectivity index (χ1n) is 8.16. The second-order valence-electron chi connectivity index (χ2n) is 6.16. The molecular formula is C18H26Cl2N4S. The van der Waals surface area contributed by atoms with Gasteiger partial charge in [-0.1, -0.05) is 24.3 Å². The van der Waals surface area contributed by atoms with Crippen LogP contribution in [0, 0.1) is 6.92 Å². The lowest BCUT2D eigenvalue weighted by Crippen LogP contribution is -2.35. The van der Waals surface area contributed by atoms with Crippen molar-refractivity contribution in [2.75, 3.05) is 17.6 Å². The number of rotatable bonds is 7. The maximum absolute atomic E-state index is 5.85. The molecule has 1 aromatic carbocycles. The quantitative estimate of drug-likeness (QED) is 0.682. The van der Waals surface area contributed by atoms with Crippen LogP contribution in [0.25, 0.3) is 0 Å². The van der Waals surface area contributed by atoms with E-state index in [-0.39, 0.29) is 24.8 Å². The van der Waals surface area contributed by atoms with Gasteiger partial charge in [0.05, 0.1) is 0 Å². The summed E-state index contributed by atoms with van der Waals surface area (Å²) in [5.74, 6) is 3.56. The van der Waals surface area contributed by atoms with E-state index in [9.17, 15) is 0 Å². The van der Waals surface area contributed by atoms with Crippen molar-refractivity contribution in [3.8, 4) is 0 Å². The minimum atomic E-state index is 0. The number of aromatic nitrogens is 2. The van der Waals surface area contributed by atoms with E-state index >= 15 is 0 Å². The Kier molecular flexibility index (Phi) is 9.57. The maximum Gasteiger partial charge on any atom is 0.129 e. The summed E-state index contributed by atoms with van der Waals surface area (Å²) in [6, 6.07) is 11.0. The van der Waals surface area contributed by atoms with Crippen molar-refractivity contribution in [3.05, 3.63) is 53.5 Å². The number of halogens is 2. The van der Waals surface area contributed by atoms with Crippen LogP contribution >= 0.6 is 36.6 Å². The van der Waals surface area contributed by atoms with Gasteiger partial charge in [-0.2, -0.15) is 11.8 Å². The zero-order valence-corrected chi connectivity index (χ0v) is 16.8. The van der Waals surface area contributed by atoms with Crippen molar-refractivity contribution in [1.29, 1.82) is 0 Å². The molecule has 3 rings (SSSR count). The number of nitrogens with zero attached hydrogens (tertiary/aromatic N) is 2.